The van der Waals surface area contributed by atoms with Crippen LogP contribution in [0.5, 0.6) is 0 Å². The van der Waals surface area contributed by atoms with Crippen molar-refractivity contribution >= 4 is 18.2 Å². The minimum atomic E-state index is -3.58. The van der Waals surface area contributed by atoms with Crippen molar-refractivity contribution in [3.05, 3.63) is 29.8 Å². The average Bonchev–Trinajstić information content (AvgIpc) is 2.33. The smallest absolute Gasteiger partial charge is 0.266 e. The van der Waals surface area contributed by atoms with E-state index >= 15 is 0 Å². The van der Waals surface area contributed by atoms with Crippen molar-refractivity contribution in [3.8, 4) is 0 Å². The SMILES string of the molecule is Cc1ccc(S(=O)(=O)OCCCCC[Si](C)(C)C)cc1. The van der Waals surface area contributed by atoms with Gasteiger partial charge in [-0.3, -0.25) is 4.18 Å². The maximum absolute atomic E-state index is 11.9. The molecule has 1 aromatic carbocycles. The van der Waals surface area contributed by atoms with Gasteiger partial charge in [0.15, 0.2) is 0 Å². The lowest BCUT2D eigenvalue weighted by Gasteiger charge is -2.14. The van der Waals surface area contributed by atoms with Gasteiger partial charge < -0.3 is 0 Å². The van der Waals surface area contributed by atoms with Gasteiger partial charge in [0.25, 0.3) is 10.1 Å². The summed E-state index contributed by atoms with van der Waals surface area (Å²) in [5.41, 5.74) is 1.04. The molecule has 0 fully saturated rings. The molecule has 0 bridgehead atoms. The van der Waals surface area contributed by atoms with Gasteiger partial charge in [-0.1, -0.05) is 56.2 Å². The van der Waals surface area contributed by atoms with Crippen LogP contribution in [0.3, 0.4) is 0 Å². The average molecular weight is 315 g/mol. The summed E-state index contributed by atoms with van der Waals surface area (Å²) in [6.45, 7) is 9.26. The maximum atomic E-state index is 11.9. The molecule has 0 atom stereocenters. The quantitative estimate of drug-likeness (QED) is 0.410. The van der Waals surface area contributed by atoms with E-state index < -0.39 is 18.2 Å². The molecule has 0 aliphatic carbocycles. The first-order valence-electron chi connectivity index (χ1n) is 7.17. The summed E-state index contributed by atoms with van der Waals surface area (Å²) < 4.78 is 28.9. The van der Waals surface area contributed by atoms with Crippen LogP contribution >= 0.6 is 0 Å². The Hall–Kier alpha value is -0.653. The van der Waals surface area contributed by atoms with E-state index in [0.29, 0.717) is 0 Å². The number of rotatable bonds is 8. The third kappa shape index (κ3) is 6.68. The van der Waals surface area contributed by atoms with E-state index in [0.717, 1.165) is 18.4 Å². The summed E-state index contributed by atoms with van der Waals surface area (Å²) in [4.78, 5) is 0.241. The Morgan fingerprint density at radius 3 is 2.15 bits per heavy atom. The normalized spacial score (nSPS) is 12.6. The fraction of sp³-hybridized carbons (Fsp3) is 0.600. The monoisotopic (exact) mass is 314 g/mol. The highest BCUT2D eigenvalue weighted by Gasteiger charge is 2.15. The molecule has 1 rings (SSSR count). The van der Waals surface area contributed by atoms with Crippen molar-refractivity contribution in [2.24, 2.45) is 0 Å². The summed E-state index contributed by atoms with van der Waals surface area (Å²) >= 11 is 0. The van der Waals surface area contributed by atoms with E-state index in [2.05, 4.69) is 19.6 Å². The standard InChI is InChI=1S/C15H26O3SSi/c1-14-8-10-15(11-9-14)19(16,17)18-12-6-5-7-13-20(2,3)4/h8-11H,5-7,12-13H2,1-4H3. The molecule has 3 nitrogen and oxygen atoms in total. The molecule has 0 saturated carbocycles. The fourth-order valence-electron chi connectivity index (χ4n) is 1.88. The molecule has 0 radical (unpaired) electrons. The van der Waals surface area contributed by atoms with Gasteiger partial charge in [0.05, 0.1) is 11.5 Å². The second-order valence-electron chi connectivity index (χ2n) is 6.46. The Balaban J connectivity index is 2.32. The highest BCUT2D eigenvalue weighted by molar-refractivity contribution is 7.86. The molecular formula is C15H26O3SSi. The first-order valence-corrected chi connectivity index (χ1v) is 12.3. The van der Waals surface area contributed by atoms with Crippen LogP contribution in [0.15, 0.2) is 29.2 Å². The summed E-state index contributed by atoms with van der Waals surface area (Å²) in [6.07, 6.45) is 3.01. The number of benzene rings is 1. The third-order valence-corrected chi connectivity index (χ3v) is 6.30. The third-order valence-electron chi connectivity index (χ3n) is 3.12. The topological polar surface area (TPSA) is 43.4 Å². The molecule has 1 aromatic rings. The van der Waals surface area contributed by atoms with E-state index in [1.54, 1.807) is 24.3 Å². The lowest BCUT2D eigenvalue weighted by atomic mass is 10.2. The zero-order chi connectivity index (χ0) is 15.2. The number of hydrogen-bond acceptors (Lipinski definition) is 3. The van der Waals surface area contributed by atoms with Crippen molar-refractivity contribution in [2.45, 2.75) is 56.8 Å². The first kappa shape index (κ1) is 17.4. The van der Waals surface area contributed by atoms with Gasteiger partial charge in [-0.05, 0) is 25.5 Å². The fourth-order valence-corrected chi connectivity index (χ4v) is 4.13. The van der Waals surface area contributed by atoms with Crippen LogP contribution in [-0.2, 0) is 14.3 Å². The van der Waals surface area contributed by atoms with Crippen molar-refractivity contribution in [2.75, 3.05) is 6.61 Å². The molecule has 0 aliphatic rings. The van der Waals surface area contributed by atoms with E-state index in [1.807, 2.05) is 6.92 Å². The molecule has 5 heteroatoms. The second kappa shape index (κ2) is 7.38. The van der Waals surface area contributed by atoms with Crippen LogP contribution in [0.1, 0.15) is 24.8 Å². The Bertz CT molecular complexity index is 501. The van der Waals surface area contributed by atoms with Crippen LogP contribution < -0.4 is 0 Å². The molecule has 20 heavy (non-hydrogen) atoms. The minimum absolute atomic E-state index is 0.241. The molecular weight excluding hydrogens is 288 g/mol. The summed E-state index contributed by atoms with van der Waals surface area (Å²) in [7, 11) is -4.56. The molecule has 0 aliphatic heterocycles. The molecule has 114 valence electrons. The zero-order valence-electron chi connectivity index (χ0n) is 13.0. The van der Waals surface area contributed by atoms with Gasteiger partial charge in [-0.2, -0.15) is 8.42 Å². The predicted octanol–water partition coefficient (Wildman–Crippen LogP) is 4.21. The molecule has 0 N–H and O–H groups in total. The van der Waals surface area contributed by atoms with Gasteiger partial charge >= 0.3 is 0 Å². The number of unbranched alkanes of at least 4 members (excludes halogenated alkanes) is 2. The van der Waals surface area contributed by atoms with Gasteiger partial charge in [-0.15, -0.1) is 0 Å². The Labute approximate surface area is 124 Å². The van der Waals surface area contributed by atoms with E-state index in [-0.39, 0.29) is 11.5 Å². The molecule has 0 heterocycles. The van der Waals surface area contributed by atoms with Gasteiger partial charge in [0, 0.05) is 8.07 Å². The number of hydrogen-bond donors (Lipinski definition) is 0. The van der Waals surface area contributed by atoms with Crippen molar-refractivity contribution in [1.29, 1.82) is 0 Å². The Kier molecular flexibility index (Phi) is 6.42. The Morgan fingerprint density at radius 1 is 1.00 bits per heavy atom. The lowest BCUT2D eigenvalue weighted by Crippen LogP contribution is -2.18. The van der Waals surface area contributed by atoms with Gasteiger partial charge in [-0.25, -0.2) is 0 Å². The maximum Gasteiger partial charge on any atom is 0.296 e. The van der Waals surface area contributed by atoms with Crippen LogP contribution in [-0.4, -0.2) is 23.1 Å². The molecule has 0 aromatic heterocycles. The van der Waals surface area contributed by atoms with Gasteiger partial charge in [0.1, 0.15) is 0 Å². The largest absolute Gasteiger partial charge is 0.296 e. The van der Waals surface area contributed by atoms with Crippen LogP contribution in [0, 0.1) is 6.92 Å². The van der Waals surface area contributed by atoms with Crippen LogP contribution in [0.2, 0.25) is 25.7 Å². The van der Waals surface area contributed by atoms with E-state index in [1.165, 1.54) is 12.5 Å². The molecule has 0 saturated heterocycles. The molecule has 0 unspecified atom stereocenters. The molecule has 0 amide bonds. The van der Waals surface area contributed by atoms with Crippen molar-refractivity contribution < 1.29 is 12.6 Å². The molecule has 0 spiro atoms. The van der Waals surface area contributed by atoms with Crippen LogP contribution in [0.25, 0.3) is 0 Å². The van der Waals surface area contributed by atoms with E-state index in [4.69, 9.17) is 4.18 Å². The number of aryl methyl sites for hydroxylation is 1. The Morgan fingerprint density at radius 2 is 1.60 bits per heavy atom. The highest BCUT2D eigenvalue weighted by Crippen LogP contribution is 2.16. The van der Waals surface area contributed by atoms with Crippen molar-refractivity contribution in [1.82, 2.24) is 0 Å². The van der Waals surface area contributed by atoms with Gasteiger partial charge in [0.2, 0.25) is 0 Å². The highest BCUT2D eigenvalue weighted by atomic mass is 32.2. The zero-order valence-corrected chi connectivity index (χ0v) is 14.8. The van der Waals surface area contributed by atoms with Crippen molar-refractivity contribution in [3.63, 3.8) is 0 Å². The summed E-state index contributed by atoms with van der Waals surface area (Å²) in [5, 5.41) is 0. The van der Waals surface area contributed by atoms with Crippen LogP contribution in [0.4, 0.5) is 0 Å². The summed E-state index contributed by atoms with van der Waals surface area (Å²) in [6, 6.07) is 8.04. The lowest BCUT2D eigenvalue weighted by molar-refractivity contribution is 0.308. The second-order valence-corrected chi connectivity index (χ2v) is 13.7. The minimum Gasteiger partial charge on any atom is -0.266 e. The predicted molar refractivity (Wildman–Crippen MR) is 86.3 cm³/mol. The van der Waals surface area contributed by atoms with E-state index in [9.17, 15) is 8.42 Å². The summed E-state index contributed by atoms with van der Waals surface area (Å²) in [5.74, 6) is 0. The first-order chi connectivity index (χ1) is 9.21.